The lowest BCUT2D eigenvalue weighted by molar-refractivity contribution is 0.0627. The van der Waals surface area contributed by atoms with Gasteiger partial charge >= 0.3 is 0 Å². The summed E-state index contributed by atoms with van der Waals surface area (Å²) in [4.78, 5) is 17.7. The number of aryl methyl sites for hydroxylation is 1. The van der Waals surface area contributed by atoms with Crippen LogP contribution in [0.5, 0.6) is 0 Å². The Bertz CT molecular complexity index is 790. The third-order valence-electron chi connectivity index (χ3n) is 5.84. The molecule has 2 aromatic rings. The van der Waals surface area contributed by atoms with Crippen molar-refractivity contribution >= 4 is 5.91 Å². The van der Waals surface area contributed by atoms with Crippen LogP contribution in [0.2, 0.25) is 0 Å². The van der Waals surface area contributed by atoms with Crippen molar-refractivity contribution in [3.05, 3.63) is 70.8 Å². The largest absolute Gasteiger partial charge is 0.336 e. The molecule has 0 unspecified atom stereocenters. The van der Waals surface area contributed by atoms with Gasteiger partial charge in [-0.15, -0.1) is 0 Å². The third kappa shape index (κ3) is 4.23. The Morgan fingerprint density at radius 3 is 2.63 bits per heavy atom. The number of amides is 1. The molecule has 142 valence electrons. The minimum absolute atomic E-state index is 0.202. The van der Waals surface area contributed by atoms with Gasteiger partial charge in [-0.3, -0.25) is 9.69 Å². The highest BCUT2D eigenvalue weighted by Gasteiger charge is 2.27. The van der Waals surface area contributed by atoms with Crippen molar-refractivity contribution in [1.29, 1.82) is 0 Å². The zero-order chi connectivity index (χ0) is 18.6. The molecule has 0 aliphatic carbocycles. The number of rotatable bonds is 4. The molecule has 4 nitrogen and oxygen atoms in total. The summed E-state index contributed by atoms with van der Waals surface area (Å²) in [7, 11) is 0. The van der Waals surface area contributed by atoms with Gasteiger partial charge < -0.3 is 10.2 Å². The molecule has 0 saturated carbocycles. The van der Waals surface area contributed by atoms with Crippen molar-refractivity contribution in [2.24, 2.45) is 0 Å². The average Bonchev–Trinajstić information content (AvgIpc) is 3.23. The fourth-order valence-corrected chi connectivity index (χ4v) is 4.32. The summed E-state index contributed by atoms with van der Waals surface area (Å²) in [5.74, 6) is 0.667. The predicted molar refractivity (Wildman–Crippen MR) is 109 cm³/mol. The maximum atomic E-state index is 13.2. The normalized spacial score (nSPS) is 20.8. The topological polar surface area (TPSA) is 35.6 Å². The molecule has 0 bridgehead atoms. The van der Waals surface area contributed by atoms with Gasteiger partial charge in [0.1, 0.15) is 0 Å². The summed E-state index contributed by atoms with van der Waals surface area (Å²) in [5, 5.41) is 3.42. The van der Waals surface area contributed by atoms with E-state index >= 15 is 0 Å². The van der Waals surface area contributed by atoms with Gasteiger partial charge in [-0.2, -0.15) is 0 Å². The van der Waals surface area contributed by atoms with Crippen LogP contribution in [0.3, 0.4) is 0 Å². The molecule has 0 spiro atoms. The van der Waals surface area contributed by atoms with Gasteiger partial charge in [0.2, 0.25) is 0 Å². The maximum absolute atomic E-state index is 13.2. The first-order valence-corrected chi connectivity index (χ1v) is 10.1. The molecule has 2 fully saturated rings. The van der Waals surface area contributed by atoms with Gasteiger partial charge in [0, 0.05) is 44.8 Å². The van der Waals surface area contributed by atoms with Gasteiger partial charge in [-0.05, 0) is 43.0 Å². The quantitative estimate of drug-likeness (QED) is 0.907. The van der Waals surface area contributed by atoms with Gasteiger partial charge in [-0.1, -0.05) is 48.0 Å². The van der Waals surface area contributed by atoms with E-state index in [2.05, 4.69) is 53.5 Å². The highest BCUT2D eigenvalue weighted by Crippen LogP contribution is 2.26. The van der Waals surface area contributed by atoms with E-state index in [1.165, 1.54) is 16.7 Å². The van der Waals surface area contributed by atoms with E-state index in [0.717, 1.165) is 57.8 Å². The second-order valence-electron chi connectivity index (χ2n) is 7.83. The van der Waals surface area contributed by atoms with Crippen molar-refractivity contribution in [3.8, 4) is 0 Å². The summed E-state index contributed by atoms with van der Waals surface area (Å²) in [6.07, 6.45) is 1.12. The van der Waals surface area contributed by atoms with Crippen LogP contribution in [0.15, 0.2) is 48.5 Å². The van der Waals surface area contributed by atoms with Crippen molar-refractivity contribution in [2.45, 2.75) is 25.8 Å². The van der Waals surface area contributed by atoms with E-state index in [1.54, 1.807) is 0 Å². The summed E-state index contributed by atoms with van der Waals surface area (Å²) in [6.45, 7) is 8.62. The Balaban J connectivity index is 1.39. The molecule has 2 aliphatic heterocycles. The average molecular weight is 364 g/mol. The van der Waals surface area contributed by atoms with E-state index in [0.29, 0.717) is 5.92 Å². The molecule has 2 aliphatic rings. The molecular formula is C23H29N3O. The van der Waals surface area contributed by atoms with Crippen LogP contribution in [0.25, 0.3) is 0 Å². The number of nitrogens with one attached hydrogen (secondary N) is 1. The minimum atomic E-state index is 0.202. The number of carbonyl (C=O) groups excluding carboxylic acids is 1. The highest BCUT2D eigenvalue weighted by atomic mass is 16.2. The molecule has 27 heavy (non-hydrogen) atoms. The molecule has 1 amide bonds. The molecule has 2 heterocycles. The molecule has 1 N–H and O–H groups in total. The number of piperazine rings is 1. The first-order chi connectivity index (χ1) is 13.2. The Labute approximate surface area is 162 Å². The monoisotopic (exact) mass is 363 g/mol. The predicted octanol–water partition coefficient (Wildman–Crippen LogP) is 3.03. The third-order valence-corrected chi connectivity index (χ3v) is 5.84. The standard InChI is InChI=1S/C23H29N3O/c1-18-5-4-6-19(15-18)17-25-11-13-26(14-12-25)23(27)22-8-3-2-7-21(22)20-9-10-24-16-20/h2-8,15,20,24H,9-14,16-17H2,1H3/t20-/m1/s1. The smallest absolute Gasteiger partial charge is 0.254 e. The second-order valence-corrected chi connectivity index (χ2v) is 7.83. The number of carbonyl (C=O) groups is 1. The van der Waals surface area contributed by atoms with Crippen molar-refractivity contribution in [3.63, 3.8) is 0 Å². The van der Waals surface area contributed by atoms with E-state index in [4.69, 9.17) is 0 Å². The number of hydrogen-bond donors (Lipinski definition) is 1. The van der Waals surface area contributed by atoms with Crippen LogP contribution >= 0.6 is 0 Å². The summed E-state index contributed by atoms with van der Waals surface area (Å²) in [6, 6.07) is 16.9. The number of hydrogen-bond acceptors (Lipinski definition) is 3. The Morgan fingerprint density at radius 2 is 1.89 bits per heavy atom. The zero-order valence-electron chi connectivity index (χ0n) is 16.2. The van der Waals surface area contributed by atoms with E-state index in [1.807, 2.05) is 17.0 Å². The lowest BCUT2D eigenvalue weighted by atomic mass is 9.93. The molecule has 2 saturated heterocycles. The Hall–Kier alpha value is -2.17. The molecule has 4 heteroatoms. The van der Waals surface area contributed by atoms with Crippen LogP contribution in [-0.2, 0) is 6.54 Å². The van der Waals surface area contributed by atoms with Gasteiger partial charge in [0.05, 0.1) is 0 Å². The summed E-state index contributed by atoms with van der Waals surface area (Å²) >= 11 is 0. The summed E-state index contributed by atoms with van der Waals surface area (Å²) < 4.78 is 0. The lowest BCUT2D eigenvalue weighted by Gasteiger charge is -2.35. The fourth-order valence-electron chi connectivity index (χ4n) is 4.32. The Kier molecular flexibility index (Phi) is 5.55. The maximum Gasteiger partial charge on any atom is 0.254 e. The molecule has 1 atom stereocenters. The van der Waals surface area contributed by atoms with E-state index in [-0.39, 0.29) is 5.91 Å². The first-order valence-electron chi connectivity index (χ1n) is 10.1. The summed E-state index contributed by atoms with van der Waals surface area (Å²) in [5.41, 5.74) is 4.78. The molecule has 0 aromatic heterocycles. The van der Waals surface area contributed by atoms with Gasteiger partial charge in [0.25, 0.3) is 5.91 Å². The highest BCUT2D eigenvalue weighted by molar-refractivity contribution is 5.96. The number of benzene rings is 2. The molecular weight excluding hydrogens is 334 g/mol. The second kappa shape index (κ2) is 8.24. The Morgan fingerprint density at radius 1 is 1.07 bits per heavy atom. The first kappa shape index (κ1) is 18.2. The van der Waals surface area contributed by atoms with E-state index in [9.17, 15) is 4.79 Å². The van der Waals surface area contributed by atoms with E-state index < -0.39 is 0 Å². The van der Waals surface area contributed by atoms with Gasteiger partial charge in [-0.25, -0.2) is 0 Å². The van der Waals surface area contributed by atoms with Crippen molar-refractivity contribution in [1.82, 2.24) is 15.1 Å². The number of nitrogens with zero attached hydrogens (tertiary/aromatic N) is 2. The van der Waals surface area contributed by atoms with Crippen molar-refractivity contribution < 1.29 is 4.79 Å². The van der Waals surface area contributed by atoms with Crippen LogP contribution < -0.4 is 5.32 Å². The van der Waals surface area contributed by atoms with Crippen molar-refractivity contribution in [2.75, 3.05) is 39.3 Å². The van der Waals surface area contributed by atoms with Crippen LogP contribution in [0.1, 0.15) is 39.4 Å². The van der Waals surface area contributed by atoms with Crippen LogP contribution in [0, 0.1) is 6.92 Å². The molecule has 2 aromatic carbocycles. The van der Waals surface area contributed by atoms with Gasteiger partial charge in [0.15, 0.2) is 0 Å². The molecule has 4 rings (SSSR count). The fraction of sp³-hybridized carbons (Fsp3) is 0.435. The SMILES string of the molecule is Cc1cccc(CN2CCN(C(=O)c3ccccc3[C@@H]3CCNC3)CC2)c1. The zero-order valence-corrected chi connectivity index (χ0v) is 16.2. The van der Waals surface area contributed by atoms with Crippen LogP contribution in [0.4, 0.5) is 0 Å². The molecule has 0 radical (unpaired) electrons. The minimum Gasteiger partial charge on any atom is -0.336 e. The van der Waals surface area contributed by atoms with Crippen LogP contribution in [-0.4, -0.2) is 55.0 Å². The lowest BCUT2D eigenvalue weighted by Crippen LogP contribution is -2.48.